The fraction of sp³-hybridized carbons (Fsp3) is 0.100. The molecular weight excluding hydrogens is 385 g/mol. The average Bonchev–Trinajstić information content (AvgIpc) is 2.92. The van der Waals surface area contributed by atoms with E-state index in [1.165, 1.54) is 24.1 Å². The molecule has 1 fully saturated rings. The molecule has 0 saturated carbocycles. The number of hydrogen-bond acceptors (Lipinski definition) is 5. The summed E-state index contributed by atoms with van der Waals surface area (Å²) in [5, 5.41) is 10.2. The van der Waals surface area contributed by atoms with Crippen LogP contribution in [0.2, 0.25) is 0 Å². The molecule has 27 heavy (non-hydrogen) atoms. The molecule has 0 bridgehead atoms. The van der Waals surface area contributed by atoms with Crippen molar-refractivity contribution in [3.8, 4) is 11.5 Å². The number of benzene rings is 2. The lowest BCUT2D eigenvalue weighted by atomic mass is 10.1. The van der Waals surface area contributed by atoms with Gasteiger partial charge in [-0.15, -0.1) is 6.58 Å². The van der Waals surface area contributed by atoms with Crippen LogP contribution in [-0.2, 0) is 11.2 Å². The van der Waals surface area contributed by atoms with Gasteiger partial charge in [0.15, 0.2) is 15.8 Å². The lowest BCUT2D eigenvalue weighted by molar-refractivity contribution is -0.113. The van der Waals surface area contributed by atoms with Gasteiger partial charge >= 0.3 is 0 Å². The van der Waals surface area contributed by atoms with E-state index in [2.05, 4.69) is 6.58 Å². The number of nitrogens with zero attached hydrogens (tertiary/aromatic N) is 1. The van der Waals surface area contributed by atoms with E-state index >= 15 is 0 Å². The number of phenols is 1. The van der Waals surface area contributed by atoms with E-state index in [0.29, 0.717) is 28.2 Å². The highest BCUT2D eigenvalue weighted by molar-refractivity contribution is 8.27. The van der Waals surface area contributed by atoms with Crippen molar-refractivity contribution >= 4 is 46.0 Å². The quantitative estimate of drug-likeness (QED) is 0.448. The van der Waals surface area contributed by atoms with Gasteiger partial charge in [0.25, 0.3) is 5.91 Å². The van der Waals surface area contributed by atoms with Gasteiger partial charge in [-0.1, -0.05) is 42.2 Å². The van der Waals surface area contributed by atoms with E-state index < -0.39 is 11.7 Å². The van der Waals surface area contributed by atoms with Crippen molar-refractivity contribution in [2.45, 2.75) is 6.42 Å². The Hall–Kier alpha value is -2.64. The number of anilines is 1. The Kier molecular flexibility index (Phi) is 5.62. The molecule has 0 spiro atoms. The number of halogens is 1. The molecule has 0 radical (unpaired) electrons. The van der Waals surface area contributed by atoms with E-state index in [4.69, 9.17) is 17.0 Å². The lowest BCUT2D eigenvalue weighted by Gasteiger charge is -2.15. The van der Waals surface area contributed by atoms with Crippen LogP contribution in [0.5, 0.6) is 11.5 Å². The Morgan fingerprint density at radius 3 is 2.78 bits per heavy atom. The SMILES string of the molecule is C=CCc1cc(/C=C2/SC(=S)N(c3ccccc3F)C2=O)cc(OC)c1O. The summed E-state index contributed by atoms with van der Waals surface area (Å²) < 4.78 is 19.5. The van der Waals surface area contributed by atoms with Crippen molar-refractivity contribution < 1.29 is 19.0 Å². The molecule has 3 rings (SSSR count). The van der Waals surface area contributed by atoms with Crippen LogP contribution in [0.15, 0.2) is 54.0 Å². The molecule has 7 heteroatoms. The molecule has 2 aromatic carbocycles. The molecule has 1 heterocycles. The highest BCUT2D eigenvalue weighted by atomic mass is 32.2. The molecule has 1 N–H and O–H groups in total. The van der Waals surface area contributed by atoms with E-state index in [1.807, 2.05) is 0 Å². The zero-order chi connectivity index (χ0) is 19.6. The third-order valence-corrected chi connectivity index (χ3v) is 5.25. The van der Waals surface area contributed by atoms with Crippen LogP contribution in [0.1, 0.15) is 11.1 Å². The molecule has 1 saturated heterocycles. The van der Waals surface area contributed by atoms with Gasteiger partial charge in [-0.3, -0.25) is 9.69 Å². The number of carbonyl (C=O) groups excluding carboxylic acids is 1. The average molecular weight is 401 g/mol. The van der Waals surface area contributed by atoms with Gasteiger partial charge in [-0.25, -0.2) is 4.39 Å². The van der Waals surface area contributed by atoms with Crippen LogP contribution in [0.3, 0.4) is 0 Å². The van der Waals surface area contributed by atoms with Crippen molar-refractivity contribution in [3.63, 3.8) is 0 Å². The number of rotatable bonds is 5. The second kappa shape index (κ2) is 7.94. The van der Waals surface area contributed by atoms with Crippen LogP contribution in [0.4, 0.5) is 10.1 Å². The van der Waals surface area contributed by atoms with Gasteiger partial charge in [-0.2, -0.15) is 0 Å². The van der Waals surface area contributed by atoms with Crippen LogP contribution in [0, 0.1) is 5.82 Å². The summed E-state index contributed by atoms with van der Waals surface area (Å²) in [4.78, 5) is 14.3. The Labute approximate surface area is 165 Å². The molecule has 0 atom stereocenters. The summed E-state index contributed by atoms with van der Waals surface area (Å²) in [6.45, 7) is 3.67. The first-order valence-corrected chi connectivity index (χ1v) is 9.22. The minimum absolute atomic E-state index is 0.0356. The number of thioether (sulfide) groups is 1. The summed E-state index contributed by atoms with van der Waals surface area (Å²) in [6.07, 6.45) is 3.75. The van der Waals surface area contributed by atoms with E-state index in [9.17, 15) is 14.3 Å². The molecule has 0 aliphatic carbocycles. The van der Waals surface area contributed by atoms with Crippen molar-refractivity contribution in [2.75, 3.05) is 12.0 Å². The third kappa shape index (κ3) is 3.74. The topological polar surface area (TPSA) is 49.8 Å². The van der Waals surface area contributed by atoms with E-state index in [1.54, 1.807) is 36.4 Å². The summed E-state index contributed by atoms with van der Waals surface area (Å²) in [7, 11) is 1.45. The number of methoxy groups -OCH3 is 1. The number of phenolic OH excluding ortho intramolecular Hbond substituents is 1. The summed E-state index contributed by atoms with van der Waals surface area (Å²) in [5.74, 6) is -0.583. The Morgan fingerprint density at radius 2 is 2.11 bits per heavy atom. The molecule has 138 valence electrons. The number of ether oxygens (including phenoxy) is 1. The molecule has 0 unspecified atom stereocenters. The first-order chi connectivity index (χ1) is 13.0. The standard InChI is InChI=1S/C20H16FNO3S2/c1-3-6-13-9-12(10-16(25-2)18(13)23)11-17-19(24)22(20(26)27-17)15-8-5-4-7-14(15)21/h3-5,7-11,23H,1,6H2,2H3/b17-11+. The molecule has 4 nitrogen and oxygen atoms in total. The Morgan fingerprint density at radius 1 is 1.37 bits per heavy atom. The van der Waals surface area contributed by atoms with Gasteiger partial charge in [0.05, 0.1) is 17.7 Å². The van der Waals surface area contributed by atoms with Gasteiger partial charge in [0, 0.05) is 5.56 Å². The predicted octanol–water partition coefficient (Wildman–Crippen LogP) is 4.67. The lowest BCUT2D eigenvalue weighted by Crippen LogP contribution is -2.28. The monoisotopic (exact) mass is 401 g/mol. The molecular formula is C20H16FNO3S2. The second-order valence-corrected chi connectivity index (χ2v) is 7.37. The molecule has 2 aromatic rings. The molecule has 1 amide bonds. The Balaban J connectivity index is 2.00. The first-order valence-electron chi connectivity index (χ1n) is 7.99. The minimum atomic E-state index is -0.519. The third-order valence-electron chi connectivity index (χ3n) is 3.95. The first kappa shape index (κ1) is 19.1. The minimum Gasteiger partial charge on any atom is -0.504 e. The molecule has 1 aliphatic rings. The van der Waals surface area contributed by atoms with Crippen molar-refractivity contribution in [2.24, 2.45) is 0 Å². The summed E-state index contributed by atoms with van der Waals surface area (Å²) in [5.41, 5.74) is 1.41. The highest BCUT2D eigenvalue weighted by Crippen LogP contribution is 2.38. The predicted molar refractivity (Wildman–Crippen MR) is 111 cm³/mol. The highest BCUT2D eigenvalue weighted by Gasteiger charge is 2.34. The van der Waals surface area contributed by atoms with Crippen molar-refractivity contribution in [1.82, 2.24) is 0 Å². The zero-order valence-corrected chi connectivity index (χ0v) is 16.1. The number of amides is 1. The number of allylic oxidation sites excluding steroid dienone is 1. The fourth-order valence-corrected chi connectivity index (χ4v) is 3.98. The van der Waals surface area contributed by atoms with Crippen molar-refractivity contribution in [3.05, 3.63) is 70.9 Å². The summed E-state index contributed by atoms with van der Waals surface area (Å²) in [6, 6.07) is 9.36. The number of para-hydroxylation sites is 1. The fourth-order valence-electron chi connectivity index (χ4n) is 2.70. The number of hydrogen-bond donors (Lipinski definition) is 1. The van der Waals surface area contributed by atoms with Gasteiger partial charge in [0.1, 0.15) is 5.82 Å². The molecule has 1 aliphatic heterocycles. The van der Waals surface area contributed by atoms with Crippen LogP contribution in [0.25, 0.3) is 6.08 Å². The smallest absolute Gasteiger partial charge is 0.270 e. The second-order valence-electron chi connectivity index (χ2n) is 5.69. The number of thiocarbonyl (C=S) groups is 1. The van der Waals surface area contributed by atoms with Crippen LogP contribution < -0.4 is 9.64 Å². The normalized spacial score (nSPS) is 15.5. The van der Waals surface area contributed by atoms with Gasteiger partial charge in [0.2, 0.25) is 0 Å². The van der Waals surface area contributed by atoms with E-state index in [-0.39, 0.29) is 15.8 Å². The number of carbonyl (C=O) groups is 1. The largest absolute Gasteiger partial charge is 0.504 e. The zero-order valence-electron chi connectivity index (χ0n) is 14.4. The van der Waals surface area contributed by atoms with Crippen LogP contribution in [-0.4, -0.2) is 22.4 Å². The van der Waals surface area contributed by atoms with Crippen molar-refractivity contribution in [1.29, 1.82) is 0 Å². The van der Waals surface area contributed by atoms with Crippen LogP contribution >= 0.6 is 24.0 Å². The maximum absolute atomic E-state index is 14.1. The number of aromatic hydroxyl groups is 1. The maximum Gasteiger partial charge on any atom is 0.270 e. The maximum atomic E-state index is 14.1. The molecule has 0 aromatic heterocycles. The van der Waals surface area contributed by atoms with Gasteiger partial charge < -0.3 is 9.84 Å². The summed E-state index contributed by atoms with van der Waals surface area (Å²) >= 11 is 6.37. The van der Waals surface area contributed by atoms with E-state index in [0.717, 1.165) is 11.8 Å². The van der Waals surface area contributed by atoms with Gasteiger partial charge in [-0.05, 0) is 42.3 Å². The Bertz CT molecular complexity index is 972.